The van der Waals surface area contributed by atoms with E-state index in [0.717, 1.165) is 30.9 Å². The topological polar surface area (TPSA) is 106 Å². The molecule has 1 aliphatic heterocycles. The summed E-state index contributed by atoms with van der Waals surface area (Å²) in [6.07, 6.45) is 12.6. The van der Waals surface area contributed by atoms with Crippen LogP contribution in [0.4, 0.5) is 15.3 Å². The number of allylic oxidation sites excluding steroid dienone is 6. The number of aromatic nitrogens is 1. The number of thiophene rings is 2. The van der Waals surface area contributed by atoms with Crippen LogP contribution in [0.25, 0.3) is 36.5 Å². The average Bonchev–Trinajstić information content (AvgIpc) is 3.84. The molecule has 12 heteroatoms. The lowest BCUT2D eigenvalue weighted by Gasteiger charge is -2.31. The Bertz CT molecular complexity index is 2220. The Morgan fingerprint density at radius 3 is 2.42 bits per heavy atom. The van der Waals surface area contributed by atoms with Crippen molar-refractivity contribution in [2.75, 3.05) is 24.5 Å². The summed E-state index contributed by atoms with van der Waals surface area (Å²) in [5, 5.41) is 32.2. The first kappa shape index (κ1) is 34.4. The van der Waals surface area contributed by atoms with Gasteiger partial charge in [-0.1, -0.05) is 55.2 Å². The molecule has 4 N–H and O–H groups in total. The number of carbonyl (C=O) groups is 2. The molecule has 2 aromatic carbocycles. The Hall–Kier alpha value is -4.10. The molecule has 3 aromatic heterocycles. The van der Waals surface area contributed by atoms with Crippen LogP contribution >= 0.6 is 45.8 Å². The Kier molecular flexibility index (Phi) is 10.1. The van der Waals surface area contributed by atoms with Gasteiger partial charge in [-0.2, -0.15) is 4.57 Å². The monoisotopic (exact) mass is 743 g/mol. The van der Waals surface area contributed by atoms with Crippen molar-refractivity contribution in [1.29, 1.82) is 0 Å². The Morgan fingerprint density at radius 1 is 0.940 bits per heavy atom. The molecule has 8 nitrogen and oxygen atoms in total. The first-order valence-electron chi connectivity index (χ1n) is 16.7. The molecule has 0 spiro atoms. The molecule has 5 aromatic rings. The lowest BCUT2D eigenvalue weighted by atomic mass is 9.75. The lowest BCUT2D eigenvalue weighted by molar-refractivity contribution is -0.668. The fourth-order valence-electron chi connectivity index (χ4n) is 6.79. The molecule has 0 unspecified atom stereocenters. The van der Waals surface area contributed by atoms with E-state index in [1.165, 1.54) is 57.1 Å². The molecule has 50 heavy (non-hydrogen) atoms. The first-order valence-corrected chi connectivity index (χ1v) is 20.0. The van der Waals surface area contributed by atoms with Gasteiger partial charge in [0.25, 0.3) is 5.01 Å². The molecule has 0 radical (unpaired) electrons. The molecule has 258 valence electrons. The van der Waals surface area contributed by atoms with E-state index in [9.17, 15) is 9.59 Å². The second kappa shape index (κ2) is 14.6. The predicted molar refractivity (Wildman–Crippen MR) is 210 cm³/mol. The van der Waals surface area contributed by atoms with Crippen molar-refractivity contribution < 1.29 is 24.4 Å². The van der Waals surface area contributed by atoms with Gasteiger partial charge in [0.2, 0.25) is 5.52 Å². The van der Waals surface area contributed by atoms with Gasteiger partial charge in [-0.05, 0) is 93.8 Å². The van der Waals surface area contributed by atoms with Crippen molar-refractivity contribution in [3.63, 3.8) is 0 Å². The molecule has 0 bridgehead atoms. The lowest BCUT2D eigenvalue weighted by Crippen LogP contribution is -2.37. The van der Waals surface area contributed by atoms with Gasteiger partial charge in [-0.25, -0.2) is 9.59 Å². The van der Waals surface area contributed by atoms with Crippen molar-refractivity contribution in [3.05, 3.63) is 92.6 Å². The van der Waals surface area contributed by atoms with Crippen molar-refractivity contribution in [3.8, 4) is 0 Å². The third kappa shape index (κ3) is 7.78. The van der Waals surface area contributed by atoms with Crippen LogP contribution in [0, 0.1) is 5.41 Å². The maximum absolute atomic E-state index is 11.1. The van der Waals surface area contributed by atoms with E-state index in [-0.39, 0.29) is 5.41 Å². The van der Waals surface area contributed by atoms with E-state index in [0.29, 0.717) is 25.9 Å². The van der Waals surface area contributed by atoms with Crippen LogP contribution in [0.15, 0.2) is 92.5 Å². The molecular weight excluding hydrogens is 705 g/mol. The molecule has 1 aliphatic carbocycles. The largest absolute Gasteiger partial charge is 0.465 e. The minimum Gasteiger partial charge on any atom is -0.465 e. The fraction of sp³-hybridized carbons (Fsp3) is 0.289. The fourth-order valence-corrected chi connectivity index (χ4v) is 10.7. The number of nitrogens with one attached hydrogen (secondary N) is 2. The Balaban J connectivity index is 1.16. The number of aryl methyl sites for hydroxylation is 1. The number of amides is 2. The number of hydrogen-bond acceptors (Lipinski definition) is 7. The number of benzene rings is 2. The minimum absolute atomic E-state index is 0.0934. The van der Waals surface area contributed by atoms with Gasteiger partial charge in [0, 0.05) is 52.5 Å². The summed E-state index contributed by atoms with van der Waals surface area (Å²) < 4.78 is 6.04. The van der Waals surface area contributed by atoms with Crippen molar-refractivity contribution >= 4 is 100 Å². The number of thiazole rings is 1. The molecule has 2 aliphatic rings. The van der Waals surface area contributed by atoms with Crippen LogP contribution in [-0.4, -0.2) is 42.0 Å². The normalized spacial score (nSPS) is 17.4. The van der Waals surface area contributed by atoms with Gasteiger partial charge < -0.3 is 25.7 Å². The molecule has 0 saturated carbocycles. The van der Waals surface area contributed by atoms with Crippen LogP contribution in [0.5, 0.6) is 0 Å². The number of hydrogen-bond donors (Lipinski definition) is 4. The van der Waals surface area contributed by atoms with Gasteiger partial charge in [-0.3, -0.25) is 0 Å². The zero-order chi connectivity index (χ0) is 34.8. The number of anilines is 1. The summed E-state index contributed by atoms with van der Waals surface area (Å²) in [7, 11) is 0. The zero-order valence-electron chi connectivity index (χ0n) is 27.9. The van der Waals surface area contributed by atoms with E-state index in [1.807, 2.05) is 0 Å². The number of rotatable bonds is 11. The highest BCUT2D eigenvalue weighted by Gasteiger charge is 2.29. The molecule has 0 fully saturated rings. The van der Waals surface area contributed by atoms with Crippen LogP contribution < -0.4 is 20.1 Å². The molecule has 0 saturated heterocycles. The van der Waals surface area contributed by atoms with Crippen molar-refractivity contribution in [2.24, 2.45) is 5.41 Å². The summed E-state index contributed by atoms with van der Waals surface area (Å²) in [6.45, 7) is 6.92. The second-order valence-electron chi connectivity index (χ2n) is 13.4. The van der Waals surface area contributed by atoms with Crippen LogP contribution in [0.1, 0.15) is 44.5 Å². The van der Waals surface area contributed by atoms with Gasteiger partial charge in [-0.15, -0.1) is 22.7 Å². The highest BCUT2D eigenvalue weighted by Crippen LogP contribution is 2.50. The predicted octanol–water partition coefficient (Wildman–Crippen LogP) is 10.1. The molecule has 2 amide bonds. The number of fused-ring (bicyclic) bond motifs is 4. The minimum atomic E-state index is -0.993. The number of thioether (sulfide) groups is 1. The van der Waals surface area contributed by atoms with Crippen LogP contribution in [0.3, 0.4) is 0 Å². The van der Waals surface area contributed by atoms with Gasteiger partial charge in [0.15, 0.2) is 6.54 Å². The quantitative estimate of drug-likeness (QED) is 0.0793. The van der Waals surface area contributed by atoms with Gasteiger partial charge in [0.1, 0.15) is 4.70 Å². The average molecular weight is 744 g/mol. The SMILES string of the molecule is CC1(C)CC(=CC=Cc2sc3cc4ccsc4cc3[n+]2CCCNC(=O)O)C=C(C=C2Sc3cc4ccsc4cc3N2CCCNC(=O)O)C1. The third-order valence-corrected chi connectivity index (χ3v) is 12.8. The van der Waals surface area contributed by atoms with E-state index in [2.05, 4.69) is 111 Å². The van der Waals surface area contributed by atoms with Gasteiger partial charge in [0.05, 0.1) is 10.7 Å². The Labute approximate surface area is 307 Å². The third-order valence-electron chi connectivity index (χ3n) is 8.87. The van der Waals surface area contributed by atoms with Crippen LogP contribution in [-0.2, 0) is 6.54 Å². The highest BCUT2D eigenvalue weighted by atomic mass is 32.2. The van der Waals surface area contributed by atoms with E-state index in [1.54, 1.807) is 45.8 Å². The number of carboxylic acid groups (broad SMARTS) is 2. The van der Waals surface area contributed by atoms with Crippen molar-refractivity contribution in [2.45, 2.75) is 51.0 Å². The standard InChI is InChI=1S/C38H38N4O4S4/c1-38(2)22-24(6-3-7-34-41(12-4-10-39-36(43)44)28-20-30-26(8-14-47-30)18-32(28)49-34)16-25(23-38)17-35-42(13-5-11-40-37(45)46)29-21-31-27(9-15-48-31)19-33(29)50-35/h3,6-9,14-21,39-40H,4-5,10-13,22-23H2,1-2H3,(H-,43,44,45,46)/p+1. The smallest absolute Gasteiger partial charge is 0.404 e. The summed E-state index contributed by atoms with van der Waals surface area (Å²) in [6, 6.07) is 13.4. The van der Waals surface area contributed by atoms with Gasteiger partial charge >= 0.3 is 12.2 Å². The first-order chi connectivity index (χ1) is 24.1. The maximum atomic E-state index is 11.1. The summed E-state index contributed by atoms with van der Waals surface area (Å²) in [5.41, 5.74) is 5.03. The summed E-state index contributed by atoms with van der Waals surface area (Å²) in [5.74, 6) is 0. The molecule has 4 heterocycles. The summed E-state index contributed by atoms with van der Waals surface area (Å²) >= 11 is 7.04. The van der Waals surface area contributed by atoms with E-state index >= 15 is 0 Å². The highest BCUT2D eigenvalue weighted by molar-refractivity contribution is 8.03. The van der Waals surface area contributed by atoms with Crippen molar-refractivity contribution in [1.82, 2.24) is 10.6 Å². The molecular formula is C38H39N4O4S4+. The molecule has 0 atom stereocenters. The van der Waals surface area contributed by atoms with Crippen LogP contribution in [0.2, 0.25) is 0 Å². The Morgan fingerprint density at radius 2 is 1.66 bits per heavy atom. The second-order valence-corrected chi connectivity index (χ2v) is 17.4. The number of nitrogens with zero attached hydrogens (tertiary/aromatic N) is 2. The van der Waals surface area contributed by atoms with E-state index < -0.39 is 12.2 Å². The van der Waals surface area contributed by atoms with E-state index in [4.69, 9.17) is 10.2 Å². The maximum Gasteiger partial charge on any atom is 0.404 e. The molecule has 7 rings (SSSR count). The zero-order valence-corrected chi connectivity index (χ0v) is 31.2. The summed E-state index contributed by atoms with van der Waals surface area (Å²) in [4.78, 5) is 25.7.